The molecule has 0 atom stereocenters. The van der Waals surface area contributed by atoms with Gasteiger partial charge in [0.15, 0.2) is 0 Å². The molecule has 56 heavy (non-hydrogen) atoms. The van der Waals surface area contributed by atoms with Crippen LogP contribution in [0.1, 0.15) is 31.8 Å². The third kappa shape index (κ3) is 11.9. The Hall–Kier alpha value is -6.22. The minimum Gasteiger partial charge on any atom is -0.399 e. The van der Waals surface area contributed by atoms with Crippen molar-refractivity contribution in [3.8, 4) is 23.7 Å². The molecule has 0 unspecified atom stereocenters. The summed E-state index contributed by atoms with van der Waals surface area (Å²) in [6, 6.07) is 20.0. The van der Waals surface area contributed by atoms with Gasteiger partial charge >= 0.3 is 12.1 Å². The van der Waals surface area contributed by atoms with Crippen LogP contribution in [0.15, 0.2) is 72.8 Å². The second-order valence-electron chi connectivity index (χ2n) is 13.1. The van der Waals surface area contributed by atoms with Gasteiger partial charge in [0.2, 0.25) is 11.6 Å². The van der Waals surface area contributed by atoms with Crippen LogP contribution < -0.4 is 11.5 Å². The molecule has 2 fully saturated rings. The maximum absolute atomic E-state index is 12.9. The molecule has 4 N–H and O–H groups in total. The summed E-state index contributed by atoms with van der Waals surface area (Å²) in [4.78, 5) is 86.5. The Morgan fingerprint density at radius 3 is 1.18 bits per heavy atom. The Morgan fingerprint density at radius 2 is 0.839 bits per heavy atom. The Bertz CT molecular complexity index is 1900. The first kappa shape index (κ1) is 44.2. The lowest BCUT2D eigenvalue weighted by Gasteiger charge is -2.35. The van der Waals surface area contributed by atoms with E-state index in [1.54, 1.807) is 58.0 Å². The van der Waals surface area contributed by atoms with E-state index in [-0.39, 0.29) is 74.2 Å². The van der Waals surface area contributed by atoms with Gasteiger partial charge in [0, 0.05) is 114 Å². The van der Waals surface area contributed by atoms with E-state index in [9.17, 15) is 28.8 Å². The molecule has 2 saturated heterocycles. The number of benzene rings is 3. The van der Waals surface area contributed by atoms with Crippen LogP contribution in [0.25, 0.3) is 0 Å². The Balaban J connectivity index is 0.00000420. The minimum absolute atomic E-state index is 0. The Labute approximate surface area is 338 Å². The van der Waals surface area contributed by atoms with Crippen molar-refractivity contribution < 1.29 is 28.8 Å². The summed E-state index contributed by atoms with van der Waals surface area (Å²) < 4.78 is 0. The molecule has 0 aliphatic carbocycles. The molecule has 2 aliphatic heterocycles. The zero-order chi connectivity index (χ0) is 38.8. The van der Waals surface area contributed by atoms with Gasteiger partial charge in [-0.1, -0.05) is 42.5 Å². The molecule has 6 amide bonds. The number of urea groups is 2. The van der Waals surface area contributed by atoms with Crippen molar-refractivity contribution in [2.45, 2.75) is 13.1 Å². The summed E-state index contributed by atoms with van der Waals surface area (Å²) in [5.41, 5.74) is 14.8. The van der Waals surface area contributed by atoms with E-state index in [1.165, 1.54) is 34.1 Å². The van der Waals surface area contributed by atoms with Gasteiger partial charge in [0.25, 0.3) is 11.8 Å². The van der Waals surface area contributed by atoms with Crippen LogP contribution in [0.2, 0.25) is 0 Å². The van der Waals surface area contributed by atoms with Crippen LogP contribution in [0.3, 0.4) is 0 Å². The molecular formula is C40H44Cl2N8O6. The predicted molar refractivity (Wildman–Crippen MR) is 217 cm³/mol. The molecule has 5 rings (SSSR count). The lowest BCUT2D eigenvalue weighted by Crippen LogP contribution is -2.53. The minimum atomic E-state index is -0.660. The number of ketones is 2. The van der Waals surface area contributed by atoms with Gasteiger partial charge < -0.3 is 40.9 Å². The molecule has 14 nitrogen and oxygen atoms in total. The second kappa shape index (κ2) is 20.5. The molecule has 0 bridgehead atoms. The number of piperazine rings is 2. The Kier molecular flexibility index (Phi) is 16.1. The van der Waals surface area contributed by atoms with Crippen molar-refractivity contribution in [1.82, 2.24) is 29.4 Å². The number of hydrogen-bond donors (Lipinski definition) is 2. The van der Waals surface area contributed by atoms with Gasteiger partial charge in [0.05, 0.1) is 0 Å². The normalized spacial score (nSPS) is 13.3. The lowest BCUT2D eigenvalue weighted by atomic mass is 10.0. The van der Waals surface area contributed by atoms with E-state index in [1.807, 2.05) is 24.3 Å². The van der Waals surface area contributed by atoms with Crippen LogP contribution in [0, 0.1) is 23.7 Å². The topological polar surface area (TPSA) is 174 Å². The summed E-state index contributed by atoms with van der Waals surface area (Å²) in [7, 11) is 3.42. The van der Waals surface area contributed by atoms with Crippen molar-refractivity contribution in [2.75, 3.05) is 77.9 Å². The van der Waals surface area contributed by atoms with Crippen LogP contribution >= 0.6 is 24.8 Å². The van der Waals surface area contributed by atoms with E-state index >= 15 is 0 Å². The van der Waals surface area contributed by atoms with E-state index in [2.05, 4.69) is 23.7 Å². The van der Waals surface area contributed by atoms with Gasteiger partial charge in [-0.3, -0.25) is 19.2 Å². The molecule has 2 aliphatic rings. The standard InChI is InChI=1S/C40H42N8O6.2ClH/c1-43(27-29-6-10-33(41)11-7-29)39(53)47-22-18-45(19-23-47)37(51)16-14-35(49)31-4-3-5-32(26-31)36(50)15-17-38(52)46-20-24-48(25-21-46)40(54)44(2)28-30-8-12-34(42)13-9-30;;/h3-13,26H,18-25,27-28,41-42H2,1-2H3;2*1H. The SMILES string of the molecule is CN(Cc1ccc(N)cc1)C(=O)N1CCN(C(=O)C#CC(=O)c2cccc(C(=O)C#CC(=O)N3CCN(C(=O)N(C)Cc4ccc(N)cc4)CC3)c2)CC1.Cl.Cl. The summed E-state index contributed by atoms with van der Waals surface area (Å²) in [6.45, 7) is 3.16. The fourth-order valence-electron chi connectivity index (χ4n) is 5.94. The zero-order valence-corrected chi connectivity index (χ0v) is 32.7. The Morgan fingerprint density at radius 1 is 0.518 bits per heavy atom. The van der Waals surface area contributed by atoms with E-state index in [0.29, 0.717) is 50.6 Å². The monoisotopic (exact) mass is 802 g/mol. The third-order valence-corrected chi connectivity index (χ3v) is 9.08. The number of carbonyl (C=O) groups is 6. The van der Waals surface area contributed by atoms with E-state index in [4.69, 9.17) is 11.5 Å². The molecule has 0 radical (unpaired) electrons. The number of Topliss-reactive ketones (excluding diaryl/α,β-unsaturated/α-hetero) is 2. The number of nitrogens with two attached hydrogens (primary N) is 2. The summed E-state index contributed by atoms with van der Waals surface area (Å²) in [6.07, 6.45) is 0. The van der Waals surface area contributed by atoms with Crippen LogP contribution in [0.4, 0.5) is 21.0 Å². The maximum Gasteiger partial charge on any atom is 0.320 e. The molecule has 2 heterocycles. The van der Waals surface area contributed by atoms with Gasteiger partial charge in [-0.2, -0.15) is 0 Å². The van der Waals surface area contributed by atoms with Crippen LogP contribution in [-0.2, 0) is 22.7 Å². The third-order valence-electron chi connectivity index (χ3n) is 9.08. The average molecular weight is 804 g/mol. The largest absolute Gasteiger partial charge is 0.399 e. The first-order valence-corrected chi connectivity index (χ1v) is 17.4. The number of hydrogen-bond acceptors (Lipinski definition) is 8. The van der Waals surface area contributed by atoms with Crippen molar-refractivity contribution in [3.05, 3.63) is 95.1 Å². The maximum atomic E-state index is 12.9. The number of rotatable bonds is 6. The highest BCUT2D eigenvalue weighted by molar-refractivity contribution is 6.16. The average Bonchev–Trinajstić information content (AvgIpc) is 3.20. The van der Waals surface area contributed by atoms with Crippen molar-refractivity contribution in [2.24, 2.45) is 0 Å². The second-order valence-corrected chi connectivity index (χ2v) is 13.1. The van der Waals surface area contributed by atoms with Crippen molar-refractivity contribution in [1.29, 1.82) is 0 Å². The zero-order valence-electron chi connectivity index (χ0n) is 31.1. The highest BCUT2D eigenvalue weighted by Crippen LogP contribution is 2.13. The highest BCUT2D eigenvalue weighted by atomic mass is 35.5. The number of carbonyl (C=O) groups excluding carboxylic acids is 6. The van der Waals surface area contributed by atoms with E-state index < -0.39 is 23.4 Å². The number of halogens is 2. The molecule has 294 valence electrons. The number of amides is 6. The first-order chi connectivity index (χ1) is 25.9. The predicted octanol–water partition coefficient (Wildman–Crippen LogP) is 2.86. The van der Waals surface area contributed by atoms with Crippen molar-refractivity contribution >= 4 is 71.6 Å². The van der Waals surface area contributed by atoms with Gasteiger partial charge in [-0.25, -0.2) is 9.59 Å². The number of anilines is 2. The molecular weight excluding hydrogens is 759 g/mol. The number of nitrogens with zero attached hydrogens (tertiary/aromatic N) is 6. The summed E-state index contributed by atoms with van der Waals surface area (Å²) in [5, 5.41) is 0. The molecule has 3 aromatic rings. The summed E-state index contributed by atoms with van der Waals surface area (Å²) in [5.74, 6) is 7.05. The molecule has 0 aromatic heterocycles. The smallest absolute Gasteiger partial charge is 0.320 e. The van der Waals surface area contributed by atoms with Gasteiger partial charge in [0.1, 0.15) is 0 Å². The van der Waals surface area contributed by atoms with Crippen LogP contribution in [0.5, 0.6) is 0 Å². The quantitative estimate of drug-likeness (QED) is 0.166. The first-order valence-electron chi connectivity index (χ1n) is 17.4. The van der Waals surface area contributed by atoms with Crippen molar-refractivity contribution in [3.63, 3.8) is 0 Å². The summed E-state index contributed by atoms with van der Waals surface area (Å²) >= 11 is 0. The molecule has 16 heteroatoms. The van der Waals surface area contributed by atoms with Gasteiger partial charge in [-0.15, -0.1) is 24.8 Å². The lowest BCUT2D eigenvalue weighted by molar-refractivity contribution is -0.127. The number of nitrogen functional groups attached to an aromatic ring is 2. The molecule has 0 spiro atoms. The fourth-order valence-corrected chi connectivity index (χ4v) is 5.94. The molecule has 3 aromatic carbocycles. The van der Waals surface area contributed by atoms with Crippen LogP contribution in [-0.4, -0.2) is 131 Å². The molecule has 0 saturated carbocycles. The highest BCUT2D eigenvalue weighted by Gasteiger charge is 2.27. The fraction of sp³-hybridized carbons (Fsp3) is 0.300. The van der Waals surface area contributed by atoms with E-state index in [0.717, 1.165) is 11.1 Å². The van der Waals surface area contributed by atoms with Gasteiger partial charge in [-0.05, 0) is 53.3 Å².